The zero-order chi connectivity index (χ0) is 12.7. The SMILES string of the molecule is Cn1ncc(-c2ccc3c(c2O)CCCC3)c1N. The van der Waals surface area contributed by atoms with Crippen LogP contribution in [0.3, 0.4) is 0 Å². The molecule has 0 spiro atoms. The second-order valence-corrected chi connectivity index (χ2v) is 4.87. The van der Waals surface area contributed by atoms with Crippen LogP contribution in [0.5, 0.6) is 5.75 Å². The summed E-state index contributed by atoms with van der Waals surface area (Å²) in [4.78, 5) is 0. The minimum Gasteiger partial charge on any atom is -0.507 e. The number of aryl methyl sites for hydroxylation is 2. The Labute approximate surface area is 106 Å². The molecule has 0 bridgehead atoms. The van der Waals surface area contributed by atoms with E-state index in [1.807, 2.05) is 6.07 Å². The van der Waals surface area contributed by atoms with Crippen molar-refractivity contribution in [2.45, 2.75) is 25.7 Å². The average Bonchev–Trinajstić information content (AvgIpc) is 2.71. The van der Waals surface area contributed by atoms with Crippen LogP contribution in [0.25, 0.3) is 11.1 Å². The molecule has 1 heterocycles. The molecule has 94 valence electrons. The monoisotopic (exact) mass is 243 g/mol. The molecule has 2 aromatic rings. The number of hydrogen-bond donors (Lipinski definition) is 2. The van der Waals surface area contributed by atoms with Crippen LogP contribution in [0.4, 0.5) is 5.82 Å². The van der Waals surface area contributed by atoms with Gasteiger partial charge >= 0.3 is 0 Å². The maximum atomic E-state index is 10.4. The Kier molecular flexibility index (Phi) is 2.51. The number of anilines is 1. The fourth-order valence-electron chi connectivity index (χ4n) is 2.68. The smallest absolute Gasteiger partial charge is 0.129 e. The zero-order valence-corrected chi connectivity index (χ0v) is 10.5. The summed E-state index contributed by atoms with van der Waals surface area (Å²) in [6.07, 6.45) is 6.08. The number of fused-ring (bicyclic) bond motifs is 1. The number of nitrogens with zero attached hydrogens (tertiary/aromatic N) is 2. The lowest BCUT2D eigenvalue weighted by molar-refractivity contribution is 0.464. The first-order valence-corrected chi connectivity index (χ1v) is 6.30. The Bertz CT molecular complexity index is 601. The molecule has 1 aromatic carbocycles. The van der Waals surface area contributed by atoms with Crippen molar-refractivity contribution < 1.29 is 5.11 Å². The number of rotatable bonds is 1. The summed E-state index contributed by atoms with van der Waals surface area (Å²) in [6.45, 7) is 0. The highest BCUT2D eigenvalue weighted by Gasteiger charge is 2.19. The average molecular weight is 243 g/mol. The lowest BCUT2D eigenvalue weighted by atomic mass is 9.88. The van der Waals surface area contributed by atoms with Crippen LogP contribution >= 0.6 is 0 Å². The fourth-order valence-corrected chi connectivity index (χ4v) is 2.68. The summed E-state index contributed by atoms with van der Waals surface area (Å²) in [5.74, 6) is 0.966. The summed E-state index contributed by atoms with van der Waals surface area (Å²) in [5, 5.41) is 14.6. The van der Waals surface area contributed by atoms with Gasteiger partial charge in [-0.2, -0.15) is 5.10 Å². The normalized spacial score (nSPS) is 14.5. The van der Waals surface area contributed by atoms with Gasteiger partial charge in [-0.15, -0.1) is 0 Å². The van der Waals surface area contributed by atoms with Crippen molar-refractivity contribution in [3.8, 4) is 16.9 Å². The minimum absolute atomic E-state index is 0.381. The van der Waals surface area contributed by atoms with Gasteiger partial charge in [0.2, 0.25) is 0 Å². The second-order valence-electron chi connectivity index (χ2n) is 4.87. The third kappa shape index (κ3) is 1.56. The highest BCUT2D eigenvalue weighted by Crippen LogP contribution is 2.39. The van der Waals surface area contributed by atoms with E-state index < -0.39 is 0 Å². The molecule has 0 unspecified atom stereocenters. The first-order valence-electron chi connectivity index (χ1n) is 6.30. The number of phenolic OH excluding ortho intramolecular Hbond substituents is 1. The number of phenols is 1. The van der Waals surface area contributed by atoms with Crippen molar-refractivity contribution in [1.82, 2.24) is 9.78 Å². The molecule has 3 N–H and O–H groups in total. The third-order valence-corrected chi connectivity index (χ3v) is 3.78. The molecular weight excluding hydrogens is 226 g/mol. The van der Waals surface area contributed by atoms with Gasteiger partial charge in [-0.05, 0) is 36.8 Å². The highest BCUT2D eigenvalue weighted by molar-refractivity contribution is 5.79. The van der Waals surface area contributed by atoms with Gasteiger partial charge < -0.3 is 10.8 Å². The molecule has 18 heavy (non-hydrogen) atoms. The molecule has 0 radical (unpaired) electrons. The van der Waals surface area contributed by atoms with Crippen LogP contribution in [0, 0.1) is 0 Å². The third-order valence-electron chi connectivity index (χ3n) is 3.78. The Balaban J connectivity index is 2.16. The van der Waals surface area contributed by atoms with Gasteiger partial charge in [0.1, 0.15) is 11.6 Å². The molecule has 0 fully saturated rings. The van der Waals surface area contributed by atoms with Crippen molar-refractivity contribution in [2.24, 2.45) is 7.05 Å². The molecule has 3 rings (SSSR count). The van der Waals surface area contributed by atoms with Crippen molar-refractivity contribution in [3.63, 3.8) is 0 Å². The quantitative estimate of drug-likeness (QED) is 0.807. The highest BCUT2D eigenvalue weighted by atomic mass is 16.3. The number of aromatic nitrogens is 2. The fraction of sp³-hybridized carbons (Fsp3) is 0.357. The predicted octanol–water partition coefficient (Wildman–Crippen LogP) is 2.25. The molecule has 0 saturated carbocycles. The number of aromatic hydroxyl groups is 1. The molecule has 4 heteroatoms. The Hall–Kier alpha value is -1.97. The minimum atomic E-state index is 0.381. The maximum Gasteiger partial charge on any atom is 0.129 e. The zero-order valence-electron chi connectivity index (χ0n) is 10.5. The van der Waals surface area contributed by atoms with Crippen molar-refractivity contribution in [3.05, 3.63) is 29.5 Å². The van der Waals surface area contributed by atoms with E-state index >= 15 is 0 Å². The molecule has 0 aliphatic heterocycles. The van der Waals surface area contributed by atoms with Gasteiger partial charge in [-0.25, -0.2) is 0 Å². The van der Waals surface area contributed by atoms with E-state index in [0.29, 0.717) is 11.6 Å². The van der Waals surface area contributed by atoms with Crippen LogP contribution in [0.15, 0.2) is 18.3 Å². The number of hydrogen-bond acceptors (Lipinski definition) is 3. The topological polar surface area (TPSA) is 64.1 Å². The van der Waals surface area contributed by atoms with Gasteiger partial charge in [-0.3, -0.25) is 4.68 Å². The van der Waals surface area contributed by atoms with Crippen LogP contribution in [-0.2, 0) is 19.9 Å². The van der Waals surface area contributed by atoms with E-state index in [4.69, 9.17) is 5.73 Å². The Morgan fingerprint density at radius 3 is 2.72 bits per heavy atom. The molecule has 4 nitrogen and oxygen atoms in total. The molecule has 0 amide bonds. The lowest BCUT2D eigenvalue weighted by Crippen LogP contribution is -2.03. The maximum absolute atomic E-state index is 10.4. The molecular formula is C14H17N3O. The second kappa shape index (κ2) is 4.05. The van der Waals surface area contributed by atoms with Gasteiger partial charge in [0.05, 0.1) is 6.20 Å². The summed E-state index contributed by atoms with van der Waals surface area (Å²) < 4.78 is 1.62. The number of nitrogens with two attached hydrogens (primary N) is 1. The molecule has 1 aliphatic rings. The first-order chi connectivity index (χ1) is 8.68. The van der Waals surface area contributed by atoms with Crippen LogP contribution in [-0.4, -0.2) is 14.9 Å². The number of benzene rings is 1. The van der Waals surface area contributed by atoms with E-state index in [-0.39, 0.29) is 0 Å². The van der Waals surface area contributed by atoms with Gasteiger partial charge in [0.25, 0.3) is 0 Å². The van der Waals surface area contributed by atoms with Crippen LogP contribution in [0.1, 0.15) is 24.0 Å². The largest absolute Gasteiger partial charge is 0.507 e. The Morgan fingerprint density at radius 2 is 2.00 bits per heavy atom. The summed E-state index contributed by atoms with van der Waals surface area (Å²) in [7, 11) is 1.80. The molecule has 1 aromatic heterocycles. The summed E-state index contributed by atoms with van der Waals surface area (Å²) in [5.41, 5.74) is 9.92. The van der Waals surface area contributed by atoms with Crippen LogP contribution in [0.2, 0.25) is 0 Å². The predicted molar refractivity (Wildman–Crippen MR) is 71.4 cm³/mol. The number of nitrogen functional groups attached to an aromatic ring is 1. The summed E-state index contributed by atoms with van der Waals surface area (Å²) >= 11 is 0. The van der Waals surface area contributed by atoms with Crippen molar-refractivity contribution in [1.29, 1.82) is 0 Å². The van der Waals surface area contributed by atoms with Crippen molar-refractivity contribution >= 4 is 5.82 Å². The first kappa shape index (κ1) is 11.1. The van der Waals surface area contributed by atoms with Crippen molar-refractivity contribution in [2.75, 3.05) is 5.73 Å². The standard InChI is InChI=1S/C14H17N3O/c1-17-14(15)12(8-16-17)11-7-6-9-4-2-3-5-10(9)13(11)18/h6-8,18H,2-5,15H2,1H3. The summed E-state index contributed by atoms with van der Waals surface area (Å²) in [6, 6.07) is 4.06. The molecule has 1 aliphatic carbocycles. The molecule has 0 atom stereocenters. The van der Waals surface area contributed by atoms with Gasteiger partial charge in [0, 0.05) is 18.2 Å². The van der Waals surface area contributed by atoms with E-state index in [2.05, 4.69) is 11.2 Å². The van der Waals surface area contributed by atoms with Gasteiger partial charge in [-0.1, -0.05) is 12.1 Å². The Morgan fingerprint density at radius 1 is 1.22 bits per heavy atom. The van der Waals surface area contributed by atoms with Crippen LogP contribution < -0.4 is 5.73 Å². The van der Waals surface area contributed by atoms with E-state index in [1.54, 1.807) is 17.9 Å². The van der Waals surface area contributed by atoms with E-state index in [0.717, 1.165) is 36.0 Å². The van der Waals surface area contributed by atoms with E-state index in [1.165, 1.54) is 12.0 Å². The van der Waals surface area contributed by atoms with E-state index in [9.17, 15) is 5.11 Å². The lowest BCUT2D eigenvalue weighted by Gasteiger charge is -2.18. The molecule has 0 saturated heterocycles. The van der Waals surface area contributed by atoms with Gasteiger partial charge in [0.15, 0.2) is 0 Å².